The van der Waals surface area contributed by atoms with Crippen LogP contribution in [-0.2, 0) is 4.79 Å². The molecule has 0 aliphatic heterocycles. The van der Waals surface area contributed by atoms with Crippen molar-refractivity contribution in [1.29, 1.82) is 0 Å². The van der Waals surface area contributed by atoms with Gasteiger partial charge in [0.2, 0.25) is 5.91 Å². The van der Waals surface area contributed by atoms with Gasteiger partial charge in [0.05, 0.1) is 0 Å². The van der Waals surface area contributed by atoms with Gasteiger partial charge in [0, 0.05) is 13.0 Å². The first-order valence-electron chi connectivity index (χ1n) is 12.6. The van der Waals surface area contributed by atoms with Crippen LogP contribution >= 0.6 is 0 Å². The van der Waals surface area contributed by atoms with Crippen LogP contribution in [0.5, 0.6) is 0 Å². The van der Waals surface area contributed by atoms with E-state index in [4.69, 9.17) is 0 Å². The molecule has 0 saturated heterocycles. The lowest BCUT2D eigenvalue weighted by atomic mass is 10.0. The zero-order valence-corrected chi connectivity index (χ0v) is 19.0. The molecule has 1 amide bonds. The number of hydrogen-bond acceptors (Lipinski definition) is 1. The quantitative estimate of drug-likeness (QED) is 0.188. The number of nitrogens with one attached hydrogen (secondary N) is 1. The van der Waals surface area contributed by atoms with Crippen LogP contribution in [0.15, 0.2) is 0 Å². The normalized spacial score (nSPS) is 11.0. The predicted octanol–water partition coefficient (Wildman–Crippen LogP) is 8.33. The highest BCUT2D eigenvalue weighted by atomic mass is 16.1. The molecule has 0 aromatic carbocycles. The zero-order valence-electron chi connectivity index (χ0n) is 19.0. The van der Waals surface area contributed by atoms with Gasteiger partial charge >= 0.3 is 0 Å². The molecular weight excluding hydrogens is 330 g/mol. The number of unbranched alkanes of at least 4 members (excludes halogenated alkanes) is 19. The molecule has 0 fully saturated rings. The SMILES string of the molecule is CCCCCCCCCCCCCCCCCCCCCCNC(=O)CC. The first kappa shape index (κ1) is 26.5. The third-order valence-corrected chi connectivity index (χ3v) is 5.67. The van der Waals surface area contributed by atoms with Crippen molar-refractivity contribution in [2.24, 2.45) is 0 Å². The maximum absolute atomic E-state index is 11.1. The van der Waals surface area contributed by atoms with Gasteiger partial charge in [0.15, 0.2) is 0 Å². The fourth-order valence-electron chi connectivity index (χ4n) is 3.73. The zero-order chi connectivity index (χ0) is 19.8. The van der Waals surface area contributed by atoms with E-state index in [1.165, 1.54) is 122 Å². The summed E-state index contributed by atoms with van der Waals surface area (Å²) in [6.07, 6.45) is 28.9. The van der Waals surface area contributed by atoms with Crippen LogP contribution < -0.4 is 5.32 Å². The van der Waals surface area contributed by atoms with Gasteiger partial charge < -0.3 is 5.32 Å². The molecule has 1 N–H and O–H groups in total. The molecule has 0 radical (unpaired) electrons. The number of hydrogen-bond donors (Lipinski definition) is 1. The Morgan fingerprint density at radius 3 is 1.07 bits per heavy atom. The number of carbonyl (C=O) groups excluding carboxylic acids is 1. The molecule has 2 heteroatoms. The smallest absolute Gasteiger partial charge is 0.219 e. The summed E-state index contributed by atoms with van der Waals surface area (Å²) in [5, 5.41) is 2.95. The second-order valence-corrected chi connectivity index (χ2v) is 8.42. The Hall–Kier alpha value is -0.530. The summed E-state index contributed by atoms with van der Waals surface area (Å²) in [5.74, 6) is 0.188. The molecule has 0 unspecified atom stereocenters. The van der Waals surface area contributed by atoms with Gasteiger partial charge in [0.1, 0.15) is 0 Å². The highest BCUT2D eigenvalue weighted by molar-refractivity contribution is 5.75. The van der Waals surface area contributed by atoms with E-state index in [-0.39, 0.29) is 5.91 Å². The summed E-state index contributed by atoms with van der Waals surface area (Å²) in [4.78, 5) is 11.1. The molecule has 2 nitrogen and oxygen atoms in total. The van der Waals surface area contributed by atoms with Crippen molar-refractivity contribution < 1.29 is 4.79 Å². The van der Waals surface area contributed by atoms with Crippen molar-refractivity contribution in [2.75, 3.05) is 6.54 Å². The van der Waals surface area contributed by atoms with Crippen molar-refractivity contribution in [1.82, 2.24) is 5.32 Å². The van der Waals surface area contributed by atoms with Crippen LogP contribution in [0, 0.1) is 0 Å². The van der Waals surface area contributed by atoms with E-state index in [1.54, 1.807) is 0 Å². The van der Waals surface area contributed by atoms with E-state index in [0.717, 1.165) is 13.0 Å². The molecule has 0 aromatic heterocycles. The van der Waals surface area contributed by atoms with Gasteiger partial charge in [-0.05, 0) is 6.42 Å². The Kier molecular flexibility index (Phi) is 23.0. The topological polar surface area (TPSA) is 29.1 Å². The Bertz CT molecular complexity index is 290. The molecule has 0 rings (SSSR count). The number of rotatable bonds is 22. The van der Waals surface area contributed by atoms with Crippen molar-refractivity contribution in [2.45, 2.75) is 149 Å². The van der Waals surface area contributed by atoms with Gasteiger partial charge in [0.25, 0.3) is 0 Å². The van der Waals surface area contributed by atoms with Gasteiger partial charge in [-0.2, -0.15) is 0 Å². The molecule has 0 atom stereocenters. The van der Waals surface area contributed by atoms with Crippen molar-refractivity contribution in [3.63, 3.8) is 0 Å². The Morgan fingerprint density at radius 1 is 0.481 bits per heavy atom. The molecule has 0 spiro atoms. The molecule has 0 heterocycles. The van der Waals surface area contributed by atoms with Crippen LogP contribution in [-0.4, -0.2) is 12.5 Å². The summed E-state index contributed by atoms with van der Waals surface area (Å²) in [6, 6.07) is 0. The number of carbonyl (C=O) groups is 1. The van der Waals surface area contributed by atoms with E-state index >= 15 is 0 Å². The molecule has 162 valence electrons. The van der Waals surface area contributed by atoms with Gasteiger partial charge in [-0.15, -0.1) is 0 Å². The van der Waals surface area contributed by atoms with Crippen LogP contribution in [0.1, 0.15) is 149 Å². The molecular formula is C25H51NO. The van der Waals surface area contributed by atoms with E-state index in [2.05, 4.69) is 12.2 Å². The number of amides is 1. The van der Waals surface area contributed by atoms with Crippen LogP contribution in [0.25, 0.3) is 0 Å². The predicted molar refractivity (Wildman–Crippen MR) is 121 cm³/mol. The van der Waals surface area contributed by atoms with Crippen molar-refractivity contribution in [3.8, 4) is 0 Å². The molecule has 0 aliphatic carbocycles. The minimum absolute atomic E-state index is 0.188. The van der Waals surface area contributed by atoms with E-state index < -0.39 is 0 Å². The summed E-state index contributed by atoms with van der Waals surface area (Å²) in [7, 11) is 0. The van der Waals surface area contributed by atoms with Crippen molar-refractivity contribution >= 4 is 5.91 Å². The molecule has 0 bridgehead atoms. The van der Waals surface area contributed by atoms with Gasteiger partial charge in [-0.1, -0.05) is 136 Å². The largest absolute Gasteiger partial charge is 0.356 e. The highest BCUT2D eigenvalue weighted by Gasteiger charge is 1.97. The second-order valence-electron chi connectivity index (χ2n) is 8.42. The maximum atomic E-state index is 11.1. The minimum atomic E-state index is 0.188. The minimum Gasteiger partial charge on any atom is -0.356 e. The van der Waals surface area contributed by atoms with Crippen LogP contribution in [0.2, 0.25) is 0 Å². The standard InChI is InChI=1S/C25H51NO/c1-3-5-6-7-8-9-10-11-12-13-14-15-16-17-18-19-20-21-22-23-24-26-25(27)4-2/h3-24H2,1-2H3,(H,26,27). The lowest BCUT2D eigenvalue weighted by Crippen LogP contribution is -2.23. The average Bonchev–Trinajstić information content (AvgIpc) is 2.68. The fourth-order valence-corrected chi connectivity index (χ4v) is 3.73. The molecule has 0 aromatic rings. The van der Waals surface area contributed by atoms with E-state index in [1.807, 2.05) is 6.92 Å². The monoisotopic (exact) mass is 381 g/mol. The lowest BCUT2D eigenvalue weighted by Gasteiger charge is -2.04. The molecule has 0 saturated carbocycles. The third-order valence-electron chi connectivity index (χ3n) is 5.67. The Balaban J connectivity index is 3.00. The lowest BCUT2D eigenvalue weighted by molar-refractivity contribution is -0.120. The first-order valence-corrected chi connectivity index (χ1v) is 12.6. The first-order chi connectivity index (χ1) is 13.3. The van der Waals surface area contributed by atoms with E-state index in [9.17, 15) is 4.79 Å². The fraction of sp³-hybridized carbons (Fsp3) is 0.960. The van der Waals surface area contributed by atoms with Crippen LogP contribution in [0.4, 0.5) is 0 Å². The summed E-state index contributed by atoms with van der Waals surface area (Å²) >= 11 is 0. The van der Waals surface area contributed by atoms with E-state index in [0.29, 0.717) is 6.42 Å². The Labute approximate surface area is 171 Å². The molecule has 0 aliphatic rings. The summed E-state index contributed by atoms with van der Waals surface area (Å²) in [6.45, 7) is 5.07. The third kappa shape index (κ3) is 23.4. The molecule has 27 heavy (non-hydrogen) atoms. The summed E-state index contributed by atoms with van der Waals surface area (Å²) in [5.41, 5.74) is 0. The van der Waals surface area contributed by atoms with Crippen LogP contribution in [0.3, 0.4) is 0 Å². The van der Waals surface area contributed by atoms with Gasteiger partial charge in [-0.3, -0.25) is 4.79 Å². The van der Waals surface area contributed by atoms with Crippen molar-refractivity contribution in [3.05, 3.63) is 0 Å². The summed E-state index contributed by atoms with van der Waals surface area (Å²) < 4.78 is 0. The maximum Gasteiger partial charge on any atom is 0.219 e. The highest BCUT2D eigenvalue weighted by Crippen LogP contribution is 2.14. The second kappa shape index (κ2) is 23.5. The average molecular weight is 382 g/mol. The van der Waals surface area contributed by atoms with Gasteiger partial charge in [-0.25, -0.2) is 0 Å². The Morgan fingerprint density at radius 2 is 0.778 bits per heavy atom.